The van der Waals surface area contributed by atoms with E-state index in [1.165, 1.54) is 25.2 Å². The molecular formula is C10H15N3O2. The lowest BCUT2D eigenvalue weighted by atomic mass is 10.1. The Morgan fingerprint density at radius 2 is 2.47 bits per heavy atom. The van der Waals surface area contributed by atoms with E-state index < -0.39 is 0 Å². The number of aromatic nitrogens is 2. The monoisotopic (exact) mass is 209 g/mol. The van der Waals surface area contributed by atoms with E-state index in [4.69, 9.17) is 4.74 Å². The van der Waals surface area contributed by atoms with Crippen LogP contribution in [-0.2, 0) is 0 Å². The number of H-pyrrole nitrogens is 1. The summed E-state index contributed by atoms with van der Waals surface area (Å²) in [5.74, 6) is 0.395. The standard InChI is InChI=1S/C10H15N3O2/c14-9-5-10(13-7-12-9)15-6-8-3-1-2-4-11-8/h5,7-8,11H,1-4,6H2,(H,12,13,14). The van der Waals surface area contributed by atoms with Gasteiger partial charge in [0, 0.05) is 6.04 Å². The topological polar surface area (TPSA) is 67.0 Å². The molecule has 1 aliphatic rings. The summed E-state index contributed by atoms with van der Waals surface area (Å²) >= 11 is 0. The zero-order valence-corrected chi connectivity index (χ0v) is 8.53. The number of piperidine rings is 1. The molecule has 82 valence electrons. The summed E-state index contributed by atoms with van der Waals surface area (Å²) in [6.45, 7) is 1.63. The molecule has 1 saturated heterocycles. The van der Waals surface area contributed by atoms with Gasteiger partial charge < -0.3 is 15.0 Å². The highest BCUT2D eigenvalue weighted by Crippen LogP contribution is 2.08. The van der Waals surface area contributed by atoms with Crippen molar-refractivity contribution in [1.29, 1.82) is 0 Å². The molecule has 2 N–H and O–H groups in total. The third kappa shape index (κ3) is 3.06. The molecule has 0 aliphatic carbocycles. The number of hydrogen-bond acceptors (Lipinski definition) is 4. The van der Waals surface area contributed by atoms with Crippen molar-refractivity contribution >= 4 is 0 Å². The Kier molecular flexibility index (Phi) is 3.34. The van der Waals surface area contributed by atoms with Crippen LogP contribution < -0.4 is 15.6 Å². The van der Waals surface area contributed by atoms with Crippen molar-refractivity contribution in [3.8, 4) is 5.88 Å². The predicted octanol–water partition coefficient (Wildman–Crippen LogP) is 0.291. The summed E-state index contributed by atoms with van der Waals surface area (Å²) < 4.78 is 5.43. The summed E-state index contributed by atoms with van der Waals surface area (Å²) in [6, 6.07) is 1.75. The Balaban J connectivity index is 1.84. The van der Waals surface area contributed by atoms with Crippen molar-refractivity contribution in [2.75, 3.05) is 13.2 Å². The summed E-state index contributed by atoms with van der Waals surface area (Å²) in [4.78, 5) is 17.3. The summed E-state index contributed by atoms with van der Waals surface area (Å²) in [5.41, 5.74) is -0.184. The van der Waals surface area contributed by atoms with E-state index in [9.17, 15) is 4.79 Å². The van der Waals surface area contributed by atoms with Crippen LogP contribution in [0, 0.1) is 0 Å². The predicted molar refractivity (Wildman–Crippen MR) is 56.0 cm³/mol. The molecule has 5 nitrogen and oxygen atoms in total. The van der Waals surface area contributed by atoms with E-state index in [0.717, 1.165) is 13.0 Å². The van der Waals surface area contributed by atoms with Gasteiger partial charge in [-0.15, -0.1) is 0 Å². The molecular weight excluding hydrogens is 194 g/mol. The highest BCUT2D eigenvalue weighted by molar-refractivity contribution is 5.04. The van der Waals surface area contributed by atoms with E-state index in [1.807, 2.05) is 0 Å². The Bertz CT molecular complexity index is 358. The van der Waals surface area contributed by atoms with Crippen LogP contribution in [0.2, 0.25) is 0 Å². The fourth-order valence-electron chi connectivity index (χ4n) is 1.68. The molecule has 1 unspecified atom stereocenters. The quantitative estimate of drug-likeness (QED) is 0.751. The second kappa shape index (κ2) is 4.93. The minimum Gasteiger partial charge on any atom is -0.476 e. The van der Waals surface area contributed by atoms with Crippen LogP contribution >= 0.6 is 0 Å². The van der Waals surface area contributed by atoms with Crippen molar-refractivity contribution in [3.05, 3.63) is 22.7 Å². The lowest BCUT2D eigenvalue weighted by molar-refractivity contribution is 0.231. The van der Waals surface area contributed by atoms with Crippen molar-refractivity contribution in [2.24, 2.45) is 0 Å². The lowest BCUT2D eigenvalue weighted by Crippen LogP contribution is -2.38. The Morgan fingerprint density at radius 1 is 1.53 bits per heavy atom. The zero-order valence-electron chi connectivity index (χ0n) is 8.53. The van der Waals surface area contributed by atoms with E-state index in [2.05, 4.69) is 15.3 Å². The number of nitrogens with one attached hydrogen (secondary N) is 2. The molecule has 2 heterocycles. The Morgan fingerprint density at radius 3 is 3.20 bits per heavy atom. The van der Waals surface area contributed by atoms with Gasteiger partial charge in [-0.3, -0.25) is 4.79 Å². The molecule has 1 fully saturated rings. The first-order chi connectivity index (χ1) is 7.34. The summed E-state index contributed by atoms with van der Waals surface area (Å²) in [5, 5.41) is 3.37. The van der Waals surface area contributed by atoms with E-state index in [1.54, 1.807) is 0 Å². The first kappa shape index (κ1) is 10.2. The maximum atomic E-state index is 11.0. The third-order valence-electron chi connectivity index (χ3n) is 2.50. The smallest absolute Gasteiger partial charge is 0.254 e. The molecule has 1 aromatic rings. The molecule has 1 atom stereocenters. The number of rotatable bonds is 3. The fourth-order valence-corrected chi connectivity index (χ4v) is 1.68. The molecule has 1 aliphatic heterocycles. The maximum absolute atomic E-state index is 11.0. The van der Waals surface area contributed by atoms with Gasteiger partial charge in [-0.2, -0.15) is 0 Å². The van der Waals surface area contributed by atoms with E-state index in [-0.39, 0.29) is 5.56 Å². The fraction of sp³-hybridized carbons (Fsp3) is 0.600. The SMILES string of the molecule is O=c1cc(OCC2CCCCN2)nc[nH]1. The van der Waals surface area contributed by atoms with Gasteiger partial charge in [0.05, 0.1) is 12.4 Å². The summed E-state index contributed by atoms with van der Waals surface area (Å²) in [6.07, 6.45) is 4.96. The van der Waals surface area contributed by atoms with E-state index in [0.29, 0.717) is 18.5 Å². The number of ether oxygens (including phenoxy) is 1. The normalized spacial score (nSPS) is 21.2. The van der Waals surface area contributed by atoms with Gasteiger partial charge in [0.15, 0.2) is 0 Å². The molecule has 0 saturated carbocycles. The molecule has 0 spiro atoms. The molecule has 0 amide bonds. The van der Waals surface area contributed by atoms with Gasteiger partial charge in [0.2, 0.25) is 5.88 Å². The molecule has 2 rings (SSSR count). The average Bonchev–Trinajstić information content (AvgIpc) is 2.28. The average molecular weight is 209 g/mol. The highest BCUT2D eigenvalue weighted by Gasteiger charge is 2.13. The summed E-state index contributed by atoms with van der Waals surface area (Å²) in [7, 11) is 0. The first-order valence-corrected chi connectivity index (χ1v) is 5.25. The van der Waals surface area contributed by atoms with Crippen LogP contribution in [0.1, 0.15) is 19.3 Å². The van der Waals surface area contributed by atoms with Crippen LogP contribution in [0.15, 0.2) is 17.2 Å². The maximum Gasteiger partial charge on any atom is 0.254 e. The lowest BCUT2D eigenvalue weighted by Gasteiger charge is -2.22. The van der Waals surface area contributed by atoms with Crippen LogP contribution in [0.25, 0.3) is 0 Å². The Labute approximate surface area is 87.9 Å². The van der Waals surface area contributed by atoms with Gasteiger partial charge in [-0.1, -0.05) is 6.42 Å². The van der Waals surface area contributed by atoms with Crippen LogP contribution in [0.5, 0.6) is 5.88 Å². The van der Waals surface area contributed by atoms with E-state index >= 15 is 0 Å². The van der Waals surface area contributed by atoms with Crippen molar-refractivity contribution < 1.29 is 4.74 Å². The molecule has 5 heteroatoms. The largest absolute Gasteiger partial charge is 0.476 e. The van der Waals surface area contributed by atoms with Crippen LogP contribution in [-0.4, -0.2) is 29.2 Å². The first-order valence-electron chi connectivity index (χ1n) is 5.25. The minimum absolute atomic E-state index is 0.184. The van der Waals surface area contributed by atoms with Gasteiger partial charge in [-0.25, -0.2) is 4.98 Å². The van der Waals surface area contributed by atoms with Gasteiger partial charge in [0.25, 0.3) is 5.56 Å². The second-order valence-electron chi connectivity index (χ2n) is 3.71. The minimum atomic E-state index is -0.184. The van der Waals surface area contributed by atoms with Crippen LogP contribution in [0.3, 0.4) is 0 Å². The molecule has 15 heavy (non-hydrogen) atoms. The van der Waals surface area contributed by atoms with Gasteiger partial charge >= 0.3 is 0 Å². The molecule has 0 radical (unpaired) electrons. The molecule has 0 bridgehead atoms. The van der Waals surface area contributed by atoms with Crippen molar-refractivity contribution in [1.82, 2.24) is 15.3 Å². The van der Waals surface area contributed by atoms with Crippen molar-refractivity contribution in [3.63, 3.8) is 0 Å². The number of hydrogen-bond donors (Lipinski definition) is 2. The Hall–Kier alpha value is -1.36. The molecule has 0 aromatic carbocycles. The third-order valence-corrected chi connectivity index (χ3v) is 2.50. The van der Waals surface area contributed by atoms with Crippen LogP contribution in [0.4, 0.5) is 0 Å². The van der Waals surface area contributed by atoms with Crippen molar-refractivity contribution in [2.45, 2.75) is 25.3 Å². The molecule has 1 aromatic heterocycles. The zero-order chi connectivity index (χ0) is 10.5. The highest BCUT2D eigenvalue weighted by atomic mass is 16.5. The number of nitrogens with zero attached hydrogens (tertiary/aromatic N) is 1. The number of aromatic amines is 1. The van der Waals surface area contributed by atoms with Gasteiger partial charge in [-0.05, 0) is 19.4 Å². The second-order valence-corrected chi connectivity index (χ2v) is 3.71. The van der Waals surface area contributed by atoms with Gasteiger partial charge in [0.1, 0.15) is 6.61 Å².